The van der Waals surface area contributed by atoms with Crippen LogP contribution in [0.25, 0.3) is 0 Å². The third kappa shape index (κ3) is 3.99. The highest BCUT2D eigenvalue weighted by molar-refractivity contribution is 7.92. The Morgan fingerprint density at radius 2 is 1.75 bits per heavy atom. The van der Waals surface area contributed by atoms with Crippen LogP contribution in [0, 0.1) is 17.0 Å². The van der Waals surface area contributed by atoms with Crippen LogP contribution in [-0.2, 0) is 10.0 Å². The number of hydrogen-bond donors (Lipinski definition) is 1. The number of para-hydroxylation sites is 1. The Labute approximate surface area is 163 Å². The van der Waals surface area contributed by atoms with Crippen molar-refractivity contribution in [2.75, 3.05) is 17.8 Å². The molecule has 148 valence electrons. The van der Waals surface area contributed by atoms with Crippen molar-refractivity contribution in [2.24, 2.45) is 0 Å². The SMILES string of the molecule is Cc1c([N+](=O)[O-])cccc1S(=O)(=O)Nc1ccccc1C(=O)N1CCCCC1. The average molecular weight is 403 g/mol. The van der Waals surface area contributed by atoms with Crippen LogP contribution in [0.15, 0.2) is 47.4 Å². The van der Waals surface area contributed by atoms with Gasteiger partial charge in [0.1, 0.15) is 0 Å². The summed E-state index contributed by atoms with van der Waals surface area (Å²) in [6.07, 6.45) is 2.92. The molecule has 0 radical (unpaired) electrons. The highest BCUT2D eigenvalue weighted by Crippen LogP contribution is 2.28. The van der Waals surface area contributed by atoms with E-state index in [2.05, 4.69) is 4.72 Å². The van der Waals surface area contributed by atoms with E-state index < -0.39 is 14.9 Å². The van der Waals surface area contributed by atoms with Crippen molar-refractivity contribution in [3.8, 4) is 0 Å². The first-order chi connectivity index (χ1) is 13.3. The first-order valence-corrected chi connectivity index (χ1v) is 10.4. The van der Waals surface area contributed by atoms with Crippen LogP contribution in [0.3, 0.4) is 0 Å². The van der Waals surface area contributed by atoms with Gasteiger partial charge in [0.15, 0.2) is 0 Å². The van der Waals surface area contributed by atoms with E-state index in [1.807, 2.05) is 0 Å². The molecule has 1 N–H and O–H groups in total. The van der Waals surface area contributed by atoms with Crippen LogP contribution in [0.2, 0.25) is 0 Å². The number of nitro benzene ring substituents is 1. The van der Waals surface area contributed by atoms with E-state index in [-0.39, 0.29) is 33.3 Å². The molecule has 2 aromatic rings. The average Bonchev–Trinajstić information content (AvgIpc) is 2.68. The van der Waals surface area contributed by atoms with Crippen molar-refractivity contribution in [3.63, 3.8) is 0 Å². The number of carbonyl (C=O) groups excluding carboxylic acids is 1. The number of nitrogens with zero attached hydrogens (tertiary/aromatic N) is 2. The number of nitro groups is 1. The molecule has 0 aromatic heterocycles. The largest absolute Gasteiger partial charge is 0.339 e. The fourth-order valence-electron chi connectivity index (χ4n) is 3.32. The molecule has 1 aliphatic heterocycles. The summed E-state index contributed by atoms with van der Waals surface area (Å²) < 4.78 is 28.2. The second kappa shape index (κ2) is 7.97. The third-order valence-corrected chi connectivity index (χ3v) is 6.30. The van der Waals surface area contributed by atoms with E-state index in [0.29, 0.717) is 13.1 Å². The summed E-state index contributed by atoms with van der Waals surface area (Å²) in [5, 5.41) is 11.1. The zero-order valence-corrected chi connectivity index (χ0v) is 16.2. The Bertz CT molecular complexity index is 1010. The maximum Gasteiger partial charge on any atom is 0.273 e. The number of amides is 1. The molecule has 0 atom stereocenters. The van der Waals surface area contributed by atoms with Gasteiger partial charge in [-0.25, -0.2) is 8.42 Å². The van der Waals surface area contributed by atoms with Gasteiger partial charge in [-0.2, -0.15) is 0 Å². The standard InChI is InChI=1S/C19H21N3O5S/c1-14-17(22(24)25)10-7-11-18(14)28(26,27)20-16-9-4-3-8-15(16)19(23)21-12-5-2-6-13-21/h3-4,7-11,20H,2,5-6,12-13H2,1H3. The van der Waals surface area contributed by atoms with Gasteiger partial charge >= 0.3 is 0 Å². The highest BCUT2D eigenvalue weighted by atomic mass is 32.2. The van der Waals surface area contributed by atoms with Crippen LogP contribution in [0.4, 0.5) is 11.4 Å². The summed E-state index contributed by atoms with van der Waals surface area (Å²) >= 11 is 0. The van der Waals surface area contributed by atoms with Crippen molar-refractivity contribution < 1.29 is 18.1 Å². The molecular formula is C19H21N3O5S. The summed E-state index contributed by atoms with van der Waals surface area (Å²) in [4.78, 5) is 24.9. The zero-order valence-electron chi connectivity index (χ0n) is 15.4. The summed E-state index contributed by atoms with van der Waals surface area (Å²) in [5.74, 6) is -0.228. The van der Waals surface area contributed by atoms with Gasteiger partial charge in [0.2, 0.25) is 0 Å². The van der Waals surface area contributed by atoms with Crippen molar-refractivity contribution in [1.29, 1.82) is 0 Å². The number of likely N-dealkylation sites (tertiary alicyclic amines) is 1. The number of rotatable bonds is 5. The molecule has 8 nitrogen and oxygen atoms in total. The van der Waals surface area contributed by atoms with Crippen LogP contribution < -0.4 is 4.72 Å². The van der Waals surface area contributed by atoms with Crippen molar-refractivity contribution in [3.05, 3.63) is 63.7 Å². The maximum absolute atomic E-state index is 12.9. The van der Waals surface area contributed by atoms with E-state index in [9.17, 15) is 23.3 Å². The second-order valence-electron chi connectivity index (χ2n) is 6.66. The maximum atomic E-state index is 12.9. The van der Waals surface area contributed by atoms with Gasteiger partial charge in [0.25, 0.3) is 21.6 Å². The van der Waals surface area contributed by atoms with Gasteiger partial charge in [0.05, 0.1) is 21.1 Å². The molecule has 1 fully saturated rings. The molecule has 1 heterocycles. The lowest BCUT2D eigenvalue weighted by atomic mass is 10.1. The quantitative estimate of drug-likeness (QED) is 0.608. The molecule has 0 spiro atoms. The van der Waals surface area contributed by atoms with Crippen LogP contribution in [0.5, 0.6) is 0 Å². The molecule has 9 heteroatoms. The minimum atomic E-state index is -4.11. The minimum Gasteiger partial charge on any atom is -0.339 e. The fourth-order valence-corrected chi connectivity index (χ4v) is 4.66. The Balaban J connectivity index is 1.95. The van der Waals surface area contributed by atoms with E-state index in [0.717, 1.165) is 19.3 Å². The third-order valence-electron chi connectivity index (χ3n) is 4.79. The van der Waals surface area contributed by atoms with Gasteiger partial charge < -0.3 is 4.90 Å². The van der Waals surface area contributed by atoms with E-state index in [4.69, 9.17) is 0 Å². The minimum absolute atomic E-state index is 0.0415. The number of anilines is 1. The van der Waals surface area contributed by atoms with E-state index in [1.165, 1.54) is 31.2 Å². The molecule has 0 unspecified atom stereocenters. The van der Waals surface area contributed by atoms with Crippen LogP contribution in [0.1, 0.15) is 35.2 Å². The normalized spacial score (nSPS) is 14.5. The lowest BCUT2D eigenvalue weighted by Gasteiger charge is -2.27. The zero-order chi connectivity index (χ0) is 20.3. The molecule has 1 aliphatic rings. The number of hydrogen-bond acceptors (Lipinski definition) is 5. The van der Waals surface area contributed by atoms with Crippen LogP contribution >= 0.6 is 0 Å². The lowest BCUT2D eigenvalue weighted by Crippen LogP contribution is -2.36. The van der Waals surface area contributed by atoms with Crippen molar-refractivity contribution in [1.82, 2.24) is 4.90 Å². The predicted molar refractivity (Wildman–Crippen MR) is 105 cm³/mol. The monoisotopic (exact) mass is 403 g/mol. The lowest BCUT2D eigenvalue weighted by molar-refractivity contribution is -0.385. The molecular weight excluding hydrogens is 382 g/mol. The molecule has 0 bridgehead atoms. The van der Waals surface area contributed by atoms with E-state index >= 15 is 0 Å². The molecule has 1 saturated heterocycles. The number of carbonyl (C=O) groups is 1. The summed E-state index contributed by atoms with van der Waals surface area (Å²) in [7, 11) is -4.11. The molecule has 3 rings (SSSR count). The smallest absolute Gasteiger partial charge is 0.273 e. The van der Waals surface area contributed by atoms with Gasteiger partial charge in [-0.15, -0.1) is 0 Å². The van der Waals surface area contributed by atoms with Crippen molar-refractivity contribution in [2.45, 2.75) is 31.1 Å². The van der Waals surface area contributed by atoms with Crippen molar-refractivity contribution >= 4 is 27.3 Å². The predicted octanol–water partition coefficient (Wildman–Crippen LogP) is 3.33. The Hall–Kier alpha value is -2.94. The second-order valence-corrected chi connectivity index (χ2v) is 8.31. The number of sulfonamides is 1. The van der Waals surface area contributed by atoms with Gasteiger partial charge in [-0.3, -0.25) is 19.6 Å². The van der Waals surface area contributed by atoms with Gasteiger partial charge in [0, 0.05) is 24.7 Å². The molecule has 2 aromatic carbocycles. The highest BCUT2D eigenvalue weighted by Gasteiger charge is 2.26. The number of benzene rings is 2. The molecule has 0 saturated carbocycles. The van der Waals surface area contributed by atoms with E-state index in [1.54, 1.807) is 23.1 Å². The van der Waals surface area contributed by atoms with Gasteiger partial charge in [-0.1, -0.05) is 18.2 Å². The Morgan fingerprint density at radius 3 is 2.43 bits per heavy atom. The molecule has 28 heavy (non-hydrogen) atoms. The molecule has 1 amide bonds. The number of nitrogens with one attached hydrogen (secondary N) is 1. The first-order valence-electron chi connectivity index (χ1n) is 8.96. The summed E-state index contributed by atoms with van der Waals surface area (Å²) in [5.41, 5.74) is 0.181. The summed E-state index contributed by atoms with van der Waals surface area (Å²) in [6, 6.07) is 10.3. The first kappa shape index (κ1) is 19.8. The fraction of sp³-hybridized carbons (Fsp3) is 0.316. The van der Waals surface area contributed by atoms with Crippen LogP contribution in [-0.4, -0.2) is 37.2 Å². The summed E-state index contributed by atoms with van der Waals surface area (Å²) in [6.45, 7) is 2.67. The Morgan fingerprint density at radius 1 is 1.07 bits per heavy atom. The topological polar surface area (TPSA) is 110 Å². The Kier molecular flexibility index (Phi) is 5.64. The molecule has 0 aliphatic carbocycles. The number of piperidine rings is 1. The van der Waals surface area contributed by atoms with Gasteiger partial charge in [-0.05, 0) is 44.4 Å².